The van der Waals surface area contributed by atoms with Crippen molar-refractivity contribution in [3.63, 3.8) is 0 Å². The van der Waals surface area contributed by atoms with Gasteiger partial charge in [-0.05, 0) is 26.3 Å². The third-order valence-electron chi connectivity index (χ3n) is 3.75. The molecule has 2 aromatic rings. The molecule has 0 unspecified atom stereocenters. The predicted octanol–water partition coefficient (Wildman–Crippen LogP) is 2.26. The Balaban J connectivity index is 2.00. The van der Waals surface area contributed by atoms with Crippen LogP contribution >= 0.6 is 0 Å². The maximum absolute atomic E-state index is 4.73. The van der Waals surface area contributed by atoms with Gasteiger partial charge < -0.3 is 4.90 Å². The first-order chi connectivity index (χ1) is 9.66. The Morgan fingerprint density at radius 3 is 2.70 bits per heavy atom. The summed E-state index contributed by atoms with van der Waals surface area (Å²) in [6, 6.07) is 1.96. The van der Waals surface area contributed by atoms with Gasteiger partial charge in [0.05, 0.1) is 11.4 Å². The van der Waals surface area contributed by atoms with Crippen LogP contribution in [0.2, 0.25) is 0 Å². The summed E-state index contributed by atoms with van der Waals surface area (Å²) in [5.74, 6) is 0.800. The summed E-state index contributed by atoms with van der Waals surface area (Å²) in [5.41, 5.74) is 4.20. The zero-order chi connectivity index (χ0) is 14.1. The number of hydrogen-bond donors (Lipinski definition) is 0. The first-order valence-corrected chi connectivity index (χ1v) is 6.90. The fraction of sp³-hybridized carbons (Fsp3) is 0.400. The van der Waals surface area contributed by atoms with E-state index in [9.17, 15) is 0 Å². The van der Waals surface area contributed by atoms with Crippen molar-refractivity contribution in [1.29, 1.82) is 0 Å². The van der Waals surface area contributed by atoms with Crippen LogP contribution in [-0.2, 0) is 7.05 Å². The summed E-state index contributed by atoms with van der Waals surface area (Å²) in [5, 5.41) is 4.46. The molecule has 0 saturated carbocycles. The van der Waals surface area contributed by atoms with Crippen LogP contribution in [0, 0.1) is 13.8 Å². The largest absolute Gasteiger partial charge is 0.337 e. The summed E-state index contributed by atoms with van der Waals surface area (Å²) in [6.45, 7) is 5.95. The second kappa shape index (κ2) is 5.07. The summed E-state index contributed by atoms with van der Waals surface area (Å²) in [6.07, 6.45) is 7.26. The smallest absolute Gasteiger partial charge is 0.226 e. The molecule has 3 rings (SSSR count). The second-order valence-electron chi connectivity index (χ2n) is 5.12. The molecule has 0 N–H and O–H groups in total. The maximum atomic E-state index is 4.73. The second-order valence-corrected chi connectivity index (χ2v) is 5.12. The molecule has 3 heterocycles. The molecule has 0 amide bonds. The first kappa shape index (κ1) is 12.8. The lowest BCUT2D eigenvalue weighted by molar-refractivity contribution is 0.731. The standard InChI is InChI=1S/C15H19N5/c1-11-14(12(2)19(3)18-11)13-7-8-16-15(17-13)20-9-5-4-6-10-20/h4-5,7-8H,6,9-10H2,1-3H3. The van der Waals surface area contributed by atoms with Crippen LogP contribution in [0.3, 0.4) is 0 Å². The third-order valence-corrected chi connectivity index (χ3v) is 3.75. The number of anilines is 1. The van der Waals surface area contributed by atoms with Gasteiger partial charge in [0.1, 0.15) is 0 Å². The van der Waals surface area contributed by atoms with Crippen LogP contribution < -0.4 is 4.90 Å². The SMILES string of the molecule is Cc1nn(C)c(C)c1-c1ccnc(N2CC=CCC2)n1. The summed E-state index contributed by atoms with van der Waals surface area (Å²) < 4.78 is 1.90. The van der Waals surface area contributed by atoms with Gasteiger partial charge >= 0.3 is 0 Å². The Kier molecular flexibility index (Phi) is 3.26. The fourth-order valence-electron chi connectivity index (χ4n) is 2.61. The Morgan fingerprint density at radius 2 is 2.05 bits per heavy atom. The van der Waals surface area contributed by atoms with E-state index in [2.05, 4.69) is 34.1 Å². The van der Waals surface area contributed by atoms with E-state index in [0.717, 1.165) is 48.1 Å². The third kappa shape index (κ3) is 2.19. The highest BCUT2D eigenvalue weighted by molar-refractivity contribution is 5.65. The minimum Gasteiger partial charge on any atom is -0.337 e. The molecular weight excluding hydrogens is 250 g/mol. The van der Waals surface area contributed by atoms with Gasteiger partial charge in [-0.25, -0.2) is 9.97 Å². The molecule has 0 saturated heterocycles. The van der Waals surface area contributed by atoms with Crippen molar-refractivity contribution in [2.75, 3.05) is 18.0 Å². The number of aryl methyl sites for hydroxylation is 2. The first-order valence-electron chi connectivity index (χ1n) is 6.90. The van der Waals surface area contributed by atoms with Crippen molar-refractivity contribution in [3.8, 4) is 11.3 Å². The quantitative estimate of drug-likeness (QED) is 0.785. The highest BCUT2D eigenvalue weighted by Crippen LogP contribution is 2.26. The highest BCUT2D eigenvalue weighted by atomic mass is 15.3. The van der Waals surface area contributed by atoms with Gasteiger partial charge in [0.2, 0.25) is 5.95 Å². The van der Waals surface area contributed by atoms with Crippen molar-refractivity contribution in [2.24, 2.45) is 7.05 Å². The van der Waals surface area contributed by atoms with Crippen LogP contribution in [0.5, 0.6) is 0 Å². The molecule has 104 valence electrons. The molecule has 0 bridgehead atoms. The number of rotatable bonds is 2. The Bertz CT molecular complexity index is 656. The molecular formula is C15H19N5. The summed E-state index contributed by atoms with van der Waals surface area (Å²) >= 11 is 0. The van der Waals surface area contributed by atoms with Gasteiger partial charge in [0.15, 0.2) is 0 Å². The van der Waals surface area contributed by atoms with Crippen LogP contribution in [0.15, 0.2) is 24.4 Å². The van der Waals surface area contributed by atoms with E-state index in [1.165, 1.54) is 0 Å². The van der Waals surface area contributed by atoms with Crippen molar-refractivity contribution >= 4 is 5.95 Å². The minimum atomic E-state index is 0.800. The monoisotopic (exact) mass is 269 g/mol. The number of aromatic nitrogens is 4. The highest BCUT2D eigenvalue weighted by Gasteiger charge is 2.16. The van der Waals surface area contributed by atoms with E-state index >= 15 is 0 Å². The molecule has 0 radical (unpaired) electrons. The average molecular weight is 269 g/mol. The van der Waals surface area contributed by atoms with Crippen molar-refractivity contribution in [1.82, 2.24) is 19.7 Å². The summed E-state index contributed by atoms with van der Waals surface area (Å²) in [4.78, 5) is 11.3. The molecule has 0 aliphatic carbocycles. The summed E-state index contributed by atoms with van der Waals surface area (Å²) in [7, 11) is 1.96. The Labute approximate surface area is 119 Å². The molecule has 2 aromatic heterocycles. The van der Waals surface area contributed by atoms with E-state index in [1.807, 2.05) is 30.9 Å². The predicted molar refractivity (Wildman–Crippen MR) is 79.7 cm³/mol. The van der Waals surface area contributed by atoms with E-state index in [0.29, 0.717) is 0 Å². The molecule has 0 aromatic carbocycles. The maximum Gasteiger partial charge on any atom is 0.226 e. The molecule has 5 nitrogen and oxygen atoms in total. The molecule has 5 heteroatoms. The molecule has 20 heavy (non-hydrogen) atoms. The molecule has 1 aliphatic rings. The molecule has 0 spiro atoms. The van der Waals surface area contributed by atoms with Gasteiger partial charge in [0.25, 0.3) is 0 Å². The van der Waals surface area contributed by atoms with Crippen LogP contribution in [0.25, 0.3) is 11.3 Å². The van der Waals surface area contributed by atoms with E-state index in [1.54, 1.807) is 0 Å². The van der Waals surface area contributed by atoms with E-state index < -0.39 is 0 Å². The van der Waals surface area contributed by atoms with Gasteiger partial charge in [0, 0.05) is 37.6 Å². The molecule has 0 fully saturated rings. The average Bonchev–Trinajstić information content (AvgIpc) is 2.73. The molecule has 0 atom stereocenters. The lowest BCUT2D eigenvalue weighted by atomic mass is 10.1. The van der Waals surface area contributed by atoms with Crippen LogP contribution in [0.1, 0.15) is 17.8 Å². The van der Waals surface area contributed by atoms with Crippen molar-refractivity contribution in [3.05, 3.63) is 35.8 Å². The van der Waals surface area contributed by atoms with E-state index in [4.69, 9.17) is 4.98 Å². The Hall–Kier alpha value is -2.17. The normalized spacial score (nSPS) is 14.8. The number of hydrogen-bond acceptors (Lipinski definition) is 4. The van der Waals surface area contributed by atoms with Gasteiger partial charge in [-0.3, -0.25) is 4.68 Å². The zero-order valence-corrected chi connectivity index (χ0v) is 12.2. The fourth-order valence-corrected chi connectivity index (χ4v) is 2.61. The Morgan fingerprint density at radius 1 is 1.20 bits per heavy atom. The lowest BCUT2D eigenvalue weighted by Gasteiger charge is -2.23. The van der Waals surface area contributed by atoms with Crippen LogP contribution in [0.4, 0.5) is 5.95 Å². The van der Waals surface area contributed by atoms with Crippen LogP contribution in [-0.4, -0.2) is 32.8 Å². The molecule has 1 aliphatic heterocycles. The zero-order valence-electron chi connectivity index (χ0n) is 12.2. The van der Waals surface area contributed by atoms with Gasteiger partial charge in [-0.1, -0.05) is 12.2 Å². The van der Waals surface area contributed by atoms with Gasteiger partial charge in [-0.2, -0.15) is 5.10 Å². The van der Waals surface area contributed by atoms with Crippen molar-refractivity contribution < 1.29 is 0 Å². The van der Waals surface area contributed by atoms with Gasteiger partial charge in [-0.15, -0.1) is 0 Å². The minimum absolute atomic E-state index is 0.800. The lowest BCUT2D eigenvalue weighted by Crippen LogP contribution is -2.28. The number of nitrogens with zero attached hydrogens (tertiary/aromatic N) is 5. The van der Waals surface area contributed by atoms with Crippen molar-refractivity contribution in [2.45, 2.75) is 20.3 Å². The van der Waals surface area contributed by atoms with E-state index in [-0.39, 0.29) is 0 Å². The topological polar surface area (TPSA) is 46.8 Å².